The van der Waals surface area contributed by atoms with E-state index in [-0.39, 0.29) is 11.4 Å². The van der Waals surface area contributed by atoms with Crippen molar-refractivity contribution in [2.75, 3.05) is 4.90 Å². The van der Waals surface area contributed by atoms with Crippen molar-refractivity contribution in [2.45, 2.75) is 47.6 Å². The van der Waals surface area contributed by atoms with E-state index in [4.69, 9.17) is 4.42 Å². The number of amides is 1. The van der Waals surface area contributed by atoms with Gasteiger partial charge in [0.15, 0.2) is 11.5 Å². The average molecular weight is 367 g/mol. The van der Waals surface area contributed by atoms with Crippen LogP contribution in [0.15, 0.2) is 46.1 Å². The van der Waals surface area contributed by atoms with Gasteiger partial charge in [0, 0.05) is 11.1 Å². The van der Waals surface area contributed by atoms with Gasteiger partial charge in [0.2, 0.25) is 0 Å². The molecule has 1 unspecified atom stereocenters. The zero-order chi connectivity index (χ0) is 20.1. The Kier molecular flexibility index (Phi) is 4.50. The molecule has 5 nitrogen and oxygen atoms in total. The lowest BCUT2D eigenvalue weighted by molar-refractivity contribution is -0.123. The van der Waals surface area contributed by atoms with Crippen LogP contribution in [0.5, 0.6) is 0 Å². The molecular weight excluding hydrogens is 342 g/mol. The van der Waals surface area contributed by atoms with Gasteiger partial charge in [-0.3, -0.25) is 14.5 Å². The Labute approximate surface area is 159 Å². The van der Waals surface area contributed by atoms with Crippen molar-refractivity contribution in [3.63, 3.8) is 0 Å². The number of carbonyl (C=O) groups excluding carboxylic acids is 2. The number of ketones is 1. The summed E-state index contributed by atoms with van der Waals surface area (Å²) in [6, 6.07) is 8.48. The predicted octanol–water partition coefficient (Wildman–Crippen LogP) is 4.72. The molecule has 2 aromatic rings. The summed E-state index contributed by atoms with van der Waals surface area (Å²) in [5.74, 6) is -0.248. The molecule has 1 aliphatic heterocycles. The molecule has 0 bridgehead atoms. The van der Waals surface area contributed by atoms with Crippen LogP contribution in [0.4, 0.5) is 5.69 Å². The Balaban J connectivity index is 2.22. The van der Waals surface area contributed by atoms with Gasteiger partial charge < -0.3 is 9.52 Å². The van der Waals surface area contributed by atoms with Gasteiger partial charge >= 0.3 is 0 Å². The summed E-state index contributed by atoms with van der Waals surface area (Å²) in [6.07, 6.45) is 0. The summed E-state index contributed by atoms with van der Waals surface area (Å²) in [5.41, 5.74) is 1.94. The van der Waals surface area contributed by atoms with Gasteiger partial charge in [-0.1, -0.05) is 26.8 Å². The van der Waals surface area contributed by atoms with Crippen LogP contribution in [0.25, 0.3) is 0 Å². The molecule has 0 aliphatic carbocycles. The lowest BCUT2D eigenvalue weighted by Gasteiger charge is -2.27. The minimum Gasteiger partial charge on any atom is -0.503 e. The summed E-state index contributed by atoms with van der Waals surface area (Å²) >= 11 is 0. The van der Waals surface area contributed by atoms with E-state index < -0.39 is 23.1 Å². The molecule has 27 heavy (non-hydrogen) atoms. The maximum Gasteiger partial charge on any atom is 0.294 e. The molecule has 1 aliphatic rings. The molecule has 1 atom stereocenters. The standard InChI is InChI=1S/C22H25NO4/c1-12-9-13(2)11-15(10-12)23-18(16-8-7-14(3)27-16)17(19(24)21(23)26)20(25)22(4,5)6/h7-11,18,24H,1-6H3. The molecule has 0 fully saturated rings. The quantitative estimate of drug-likeness (QED) is 0.852. The fourth-order valence-corrected chi connectivity index (χ4v) is 3.47. The molecule has 2 heterocycles. The van der Waals surface area contributed by atoms with Gasteiger partial charge in [0.25, 0.3) is 5.91 Å². The Morgan fingerprint density at radius 1 is 1.07 bits per heavy atom. The van der Waals surface area contributed by atoms with Crippen molar-refractivity contribution in [1.82, 2.24) is 0 Å². The number of rotatable bonds is 3. The van der Waals surface area contributed by atoms with Gasteiger partial charge in [-0.15, -0.1) is 0 Å². The van der Waals surface area contributed by atoms with Gasteiger partial charge in [0.05, 0.1) is 5.57 Å². The van der Waals surface area contributed by atoms with Crippen LogP contribution in [0.2, 0.25) is 0 Å². The third-order valence-corrected chi connectivity index (χ3v) is 4.65. The van der Waals surface area contributed by atoms with Gasteiger partial charge in [0.1, 0.15) is 17.6 Å². The number of furan rings is 1. The maximum atomic E-state index is 13.1. The number of aliphatic hydroxyl groups is 1. The molecule has 1 amide bonds. The maximum absolute atomic E-state index is 13.1. The molecule has 0 saturated carbocycles. The second kappa shape index (κ2) is 6.41. The molecule has 5 heteroatoms. The number of carbonyl (C=O) groups is 2. The summed E-state index contributed by atoms with van der Waals surface area (Å²) < 4.78 is 5.78. The van der Waals surface area contributed by atoms with Gasteiger partial charge in [-0.25, -0.2) is 0 Å². The summed E-state index contributed by atoms with van der Waals surface area (Å²) in [5, 5.41) is 10.6. The van der Waals surface area contributed by atoms with Crippen molar-refractivity contribution in [2.24, 2.45) is 5.41 Å². The van der Waals surface area contributed by atoms with Gasteiger partial charge in [-0.2, -0.15) is 0 Å². The highest BCUT2D eigenvalue weighted by atomic mass is 16.3. The average Bonchev–Trinajstić information content (AvgIpc) is 3.07. The molecule has 0 spiro atoms. The fourth-order valence-electron chi connectivity index (χ4n) is 3.47. The lowest BCUT2D eigenvalue weighted by Crippen LogP contribution is -2.32. The minimum absolute atomic E-state index is 0.0843. The normalized spacial score (nSPS) is 17.8. The highest BCUT2D eigenvalue weighted by molar-refractivity contribution is 6.17. The molecule has 142 valence electrons. The molecule has 1 N–H and O–H groups in total. The number of Topliss-reactive ketones (excluding diaryl/α,β-unsaturated/α-hetero) is 1. The molecule has 0 saturated heterocycles. The van der Waals surface area contributed by atoms with E-state index in [1.54, 1.807) is 39.8 Å². The van der Waals surface area contributed by atoms with Crippen LogP contribution in [-0.2, 0) is 9.59 Å². The van der Waals surface area contributed by atoms with Crippen LogP contribution >= 0.6 is 0 Å². The van der Waals surface area contributed by atoms with E-state index in [0.29, 0.717) is 17.2 Å². The molecule has 0 radical (unpaired) electrons. The Hall–Kier alpha value is -2.82. The molecule has 1 aromatic heterocycles. The summed E-state index contributed by atoms with van der Waals surface area (Å²) in [7, 11) is 0. The topological polar surface area (TPSA) is 70.8 Å². The zero-order valence-corrected chi connectivity index (χ0v) is 16.6. The highest BCUT2D eigenvalue weighted by Gasteiger charge is 2.48. The van der Waals surface area contributed by atoms with Crippen molar-refractivity contribution in [1.29, 1.82) is 0 Å². The van der Waals surface area contributed by atoms with E-state index in [1.807, 2.05) is 32.0 Å². The fraction of sp³-hybridized carbons (Fsp3) is 0.364. The van der Waals surface area contributed by atoms with Crippen LogP contribution in [0.3, 0.4) is 0 Å². The van der Waals surface area contributed by atoms with Crippen molar-refractivity contribution in [3.05, 3.63) is 64.3 Å². The van der Waals surface area contributed by atoms with Crippen LogP contribution < -0.4 is 4.90 Å². The van der Waals surface area contributed by atoms with Crippen molar-refractivity contribution >= 4 is 17.4 Å². The zero-order valence-electron chi connectivity index (χ0n) is 16.6. The highest BCUT2D eigenvalue weighted by Crippen LogP contribution is 2.44. The Bertz CT molecular complexity index is 939. The van der Waals surface area contributed by atoms with E-state index in [9.17, 15) is 14.7 Å². The number of nitrogens with zero attached hydrogens (tertiary/aromatic N) is 1. The number of anilines is 1. The lowest BCUT2D eigenvalue weighted by atomic mass is 9.83. The third kappa shape index (κ3) is 3.29. The van der Waals surface area contributed by atoms with Crippen LogP contribution in [0, 0.1) is 26.2 Å². The van der Waals surface area contributed by atoms with Gasteiger partial charge in [-0.05, 0) is 56.2 Å². The van der Waals surface area contributed by atoms with Crippen LogP contribution in [0.1, 0.15) is 49.5 Å². The SMILES string of the molecule is Cc1cc(C)cc(N2C(=O)C(O)=C(C(=O)C(C)(C)C)C2c2ccc(C)o2)c1. The monoisotopic (exact) mass is 367 g/mol. The van der Waals surface area contributed by atoms with Crippen molar-refractivity contribution in [3.8, 4) is 0 Å². The first-order valence-electron chi connectivity index (χ1n) is 8.97. The number of hydrogen-bond acceptors (Lipinski definition) is 4. The molecule has 3 rings (SSSR count). The number of aliphatic hydroxyl groups excluding tert-OH is 1. The molecular formula is C22H25NO4. The Morgan fingerprint density at radius 2 is 1.67 bits per heavy atom. The van der Waals surface area contributed by atoms with Crippen molar-refractivity contribution < 1.29 is 19.1 Å². The van der Waals surface area contributed by atoms with E-state index >= 15 is 0 Å². The number of aryl methyl sites for hydroxylation is 3. The minimum atomic E-state index is -0.792. The number of hydrogen-bond donors (Lipinski definition) is 1. The van der Waals surface area contributed by atoms with Crippen LogP contribution in [-0.4, -0.2) is 16.8 Å². The van der Waals surface area contributed by atoms with E-state index in [0.717, 1.165) is 11.1 Å². The smallest absolute Gasteiger partial charge is 0.294 e. The first-order chi connectivity index (χ1) is 12.5. The largest absolute Gasteiger partial charge is 0.503 e. The summed E-state index contributed by atoms with van der Waals surface area (Å²) in [4.78, 5) is 27.5. The summed E-state index contributed by atoms with van der Waals surface area (Å²) in [6.45, 7) is 11.0. The van der Waals surface area contributed by atoms with E-state index in [1.165, 1.54) is 4.90 Å². The Morgan fingerprint density at radius 3 is 2.15 bits per heavy atom. The second-order valence-corrected chi connectivity index (χ2v) is 8.21. The first kappa shape index (κ1) is 19.0. The number of benzene rings is 1. The third-order valence-electron chi connectivity index (χ3n) is 4.65. The molecule has 1 aromatic carbocycles. The first-order valence-corrected chi connectivity index (χ1v) is 8.97. The van der Waals surface area contributed by atoms with E-state index in [2.05, 4.69) is 0 Å². The predicted molar refractivity (Wildman–Crippen MR) is 104 cm³/mol. The second-order valence-electron chi connectivity index (χ2n) is 8.21.